The highest BCUT2D eigenvalue weighted by Crippen LogP contribution is 2.05. The minimum atomic E-state index is 0. The zero-order valence-corrected chi connectivity index (χ0v) is 9.91. The Morgan fingerprint density at radius 1 is 0.900 bits per heavy atom. The smallest absolute Gasteiger partial charge is 0.147 e. The Balaban J connectivity index is 0. The van der Waals surface area contributed by atoms with Crippen LogP contribution in [0, 0.1) is 11.8 Å². The minimum Gasteiger partial charge on any atom is -0.147 e. The van der Waals surface area contributed by atoms with Gasteiger partial charge in [-0.25, -0.2) is 0 Å². The summed E-state index contributed by atoms with van der Waals surface area (Å²) in [5.41, 5.74) is 0. The van der Waals surface area contributed by atoms with Gasteiger partial charge in [-0.05, 0) is 0 Å². The molecular weight excluding hydrogens is 159 g/mol. The Morgan fingerprint density at radius 2 is 1.20 bits per heavy atom. The minimum absolute atomic E-state index is 0. The summed E-state index contributed by atoms with van der Waals surface area (Å²) in [4.78, 5) is 0. The molecule has 0 amide bonds. The normalized spacial score (nSPS) is 9.80. The van der Waals surface area contributed by atoms with Gasteiger partial charge in [0.1, 0.15) is 0 Å². The van der Waals surface area contributed by atoms with Crippen molar-refractivity contribution in [2.45, 2.75) is 38.3 Å². The van der Waals surface area contributed by atoms with Crippen LogP contribution in [0.3, 0.4) is 0 Å². The highest BCUT2D eigenvalue weighted by molar-refractivity contribution is 6.35. The van der Waals surface area contributed by atoms with Gasteiger partial charge in [0.15, 0.2) is 0 Å². The van der Waals surface area contributed by atoms with E-state index in [-0.39, 0.29) is 12.4 Å². The van der Waals surface area contributed by atoms with Crippen LogP contribution in [0.25, 0.3) is 0 Å². The maximum Gasteiger partial charge on any atom is 0.237 e. The molecule has 0 saturated heterocycles. The molecule has 0 aliphatic heterocycles. The van der Waals surface area contributed by atoms with Gasteiger partial charge < -0.3 is 0 Å². The van der Waals surface area contributed by atoms with Crippen molar-refractivity contribution in [3.63, 3.8) is 0 Å². The predicted molar refractivity (Wildman–Crippen MR) is 53.7 cm³/mol. The molecule has 0 unspecified atom stereocenters. The number of rotatable bonds is 4. The van der Waals surface area contributed by atoms with Crippen molar-refractivity contribution >= 4 is 27.6 Å². The zero-order chi connectivity index (χ0) is 7.28. The molecule has 10 heavy (non-hydrogen) atoms. The average molecular weight is 179 g/mol. The first-order valence-electron chi connectivity index (χ1n) is 4.13. The summed E-state index contributed by atoms with van der Waals surface area (Å²) in [6, 6.07) is 0. The van der Waals surface area contributed by atoms with Crippen LogP contribution in [0.4, 0.5) is 0 Å². The van der Waals surface area contributed by atoms with E-state index in [4.69, 9.17) is 0 Å². The third kappa shape index (κ3) is 11.6. The Kier molecular flexibility index (Phi) is 10.6. The van der Waals surface area contributed by atoms with Crippen molar-refractivity contribution in [3.8, 4) is 0 Å². The summed E-state index contributed by atoms with van der Waals surface area (Å²) in [7, 11) is 0. The summed E-state index contributed by atoms with van der Waals surface area (Å²) in [5.74, 6) is 1.91. The lowest BCUT2D eigenvalue weighted by molar-refractivity contribution is 0.700. The summed E-state index contributed by atoms with van der Waals surface area (Å²) in [5, 5.41) is 3.08. The third-order valence-corrected chi connectivity index (χ3v) is 4.69. The number of hydrogen-bond donors (Lipinski definition) is 0. The van der Waals surface area contributed by atoms with Crippen LogP contribution in [-0.4, -0.2) is 15.2 Å². The van der Waals surface area contributed by atoms with Crippen LogP contribution in [0.2, 0.25) is 10.6 Å². The van der Waals surface area contributed by atoms with Crippen LogP contribution < -0.4 is 0 Å². The fourth-order valence-corrected chi connectivity index (χ4v) is 2.80. The molecule has 0 spiro atoms. The average Bonchev–Trinajstić information content (AvgIpc) is 1.63. The van der Waals surface area contributed by atoms with Crippen LogP contribution in [0.15, 0.2) is 0 Å². The van der Waals surface area contributed by atoms with E-state index in [1.54, 1.807) is 0 Å². The Morgan fingerprint density at radius 3 is 1.40 bits per heavy atom. The molecule has 0 aromatic heterocycles. The van der Waals surface area contributed by atoms with Gasteiger partial charge in [-0.15, -0.1) is 12.4 Å². The first kappa shape index (κ1) is 13.4. The van der Waals surface area contributed by atoms with Gasteiger partial charge in [0.25, 0.3) is 0 Å². The van der Waals surface area contributed by atoms with Crippen molar-refractivity contribution < 1.29 is 0 Å². The second kappa shape index (κ2) is 7.92. The first-order valence-corrected chi connectivity index (χ1v) is 6.13. The molecule has 0 atom stereocenters. The van der Waals surface area contributed by atoms with E-state index in [2.05, 4.69) is 27.7 Å². The fraction of sp³-hybridized carbons (Fsp3) is 1.00. The molecule has 0 radical (unpaired) electrons. The molecule has 0 rings (SSSR count). The van der Waals surface area contributed by atoms with E-state index >= 15 is 0 Å². The molecule has 2 heteroatoms. The van der Waals surface area contributed by atoms with E-state index in [9.17, 15) is 0 Å². The summed E-state index contributed by atoms with van der Waals surface area (Å²) < 4.78 is 0. The van der Waals surface area contributed by atoms with Crippen molar-refractivity contribution in [2.75, 3.05) is 0 Å². The maximum atomic E-state index is 2.33. The zero-order valence-electron chi connectivity index (χ0n) is 7.68. The van der Waals surface area contributed by atoms with E-state index in [0.29, 0.717) is 15.2 Å². The van der Waals surface area contributed by atoms with Gasteiger partial charge >= 0.3 is 0 Å². The molecule has 0 aliphatic carbocycles. The Hall–Kier alpha value is 0.822. The van der Waals surface area contributed by atoms with Crippen LogP contribution in [0.1, 0.15) is 27.7 Å². The molecule has 0 aromatic rings. The molecule has 0 bridgehead atoms. The van der Waals surface area contributed by atoms with Crippen LogP contribution in [0.5, 0.6) is 0 Å². The van der Waals surface area contributed by atoms with Gasteiger partial charge in [0.05, 0.1) is 0 Å². The van der Waals surface area contributed by atoms with Crippen molar-refractivity contribution in [3.05, 3.63) is 0 Å². The lowest BCUT2D eigenvalue weighted by Crippen LogP contribution is -1.99. The van der Waals surface area contributed by atoms with Gasteiger partial charge in [0.2, 0.25) is 15.2 Å². The standard InChI is InChI=1S/2C4H9.Al.ClH.H/c2*1-4(2)3;;;/h2*4H,1H2,2-3H3;;1H;. The quantitative estimate of drug-likeness (QED) is 0.581. The van der Waals surface area contributed by atoms with Gasteiger partial charge in [-0.3, -0.25) is 0 Å². The second-order valence-corrected chi connectivity index (χ2v) is 5.58. The van der Waals surface area contributed by atoms with Crippen molar-refractivity contribution in [1.29, 1.82) is 0 Å². The van der Waals surface area contributed by atoms with E-state index in [1.165, 1.54) is 10.6 Å². The fourth-order valence-electron chi connectivity index (χ4n) is 0.934. The molecule has 0 heterocycles. The first-order chi connectivity index (χ1) is 4.13. The van der Waals surface area contributed by atoms with Crippen LogP contribution >= 0.6 is 12.4 Å². The highest BCUT2D eigenvalue weighted by Gasteiger charge is 1.99. The molecule has 0 aliphatic rings. The highest BCUT2D eigenvalue weighted by atomic mass is 35.5. The Bertz CT molecular complexity index is 54.3. The van der Waals surface area contributed by atoms with Gasteiger partial charge in [0, 0.05) is 0 Å². The molecular formula is C8H20AlCl. The van der Waals surface area contributed by atoms with E-state index in [1.807, 2.05) is 0 Å². The van der Waals surface area contributed by atoms with Gasteiger partial charge in [-0.1, -0.05) is 50.1 Å². The van der Waals surface area contributed by atoms with Gasteiger partial charge in [-0.2, -0.15) is 0 Å². The largest absolute Gasteiger partial charge is 0.237 e. The van der Waals surface area contributed by atoms with E-state index in [0.717, 1.165) is 11.8 Å². The predicted octanol–water partition coefficient (Wildman–Crippen LogP) is 2.99. The summed E-state index contributed by atoms with van der Waals surface area (Å²) in [6.07, 6.45) is 0. The molecule has 62 valence electrons. The molecule has 0 fully saturated rings. The molecule has 0 nitrogen and oxygen atoms in total. The topological polar surface area (TPSA) is 0 Å². The summed E-state index contributed by atoms with van der Waals surface area (Å²) in [6.45, 7) is 9.31. The van der Waals surface area contributed by atoms with Crippen LogP contribution in [-0.2, 0) is 0 Å². The SMILES string of the molecule is CC(C)[CH2][AlH][CH2]C(C)C.Cl. The lowest BCUT2D eigenvalue weighted by atomic mass is 10.3. The molecule has 0 saturated carbocycles. The maximum absolute atomic E-state index is 2.33. The number of hydrogen-bond acceptors (Lipinski definition) is 0. The van der Waals surface area contributed by atoms with E-state index < -0.39 is 0 Å². The van der Waals surface area contributed by atoms with Crippen molar-refractivity contribution in [1.82, 2.24) is 0 Å². The monoisotopic (exact) mass is 178 g/mol. The number of halogens is 1. The summed E-state index contributed by atoms with van der Waals surface area (Å²) >= 11 is 0.316. The van der Waals surface area contributed by atoms with Crippen molar-refractivity contribution in [2.24, 2.45) is 11.8 Å². The molecule has 0 aromatic carbocycles. The third-order valence-electron chi connectivity index (χ3n) is 1.56. The molecule has 0 N–H and O–H groups in total. The lowest BCUT2D eigenvalue weighted by Gasteiger charge is -2.03. The second-order valence-electron chi connectivity index (χ2n) is 3.72. The Labute approximate surface area is 77.9 Å².